The molecule has 0 saturated carbocycles. The maximum absolute atomic E-state index is 11.1. The van der Waals surface area contributed by atoms with E-state index >= 15 is 0 Å². The van der Waals surface area contributed by atoms with E-state index in [9.17, 15) is 14.9 Å². The van der Waals surface area contributed by atoms with Crippen LogP contribution in [0.3, 0.4) is 0 Å². The number of carbonyl (C=O) groups is 1. The lowest BCUT2D eigenvalue weighted by Crippen LogP contribution is -2.01. The molecule has 0 atom stereocenters. The summed E-state index contributed by atoms with van der Waals surface area (Å²) in [6.07, 6.45) is 0.680. The Hall–Kier alpha value is -2.33. The molecule has 0 aliphatic heterocycles. The average molecular weight is 191 g/mol. The molecule has 0 spiro atoms. The molecule has 0 N–H and O–H groups in total. The van der Waals surface area contributed by atoms with Gasteiger partial charge in [-0.05, 0) is 0 Å². The number of nitro benzene ring substituents is 1. The molecule has 1 aromatic rings. The van der Waals surface area contributed by atoms with E-state index in [4.69, 9.17) is 5.53 Å². The van der Waals surface area contributed by atoms with Gasteiger partial charge in [0.1, 0.15) is 0 Å². The number of hydrogen-bond donors (Lipinski definition) is 0. The second kappa shape index (κ2) is 4.06. The molecular formula is C8H5N3O3. The molecule has 6 heteroatoms. The fraction of sp³-hybridized carbons (Fsp3) is 0. The van der Waals surface area contributed by atoms with Gasteiger partial charge in [0.2, 0.25) is 0 Å². The smallest absolute Gasteiger partial charge is 0.328 e. The van der Waals surface area contributed by atoms with Crippen LogP contribution in [-0.2, 0) is 0 Å². The highest BCUT2D eigenvalue weighted by Crippen LogP contribution is 2.12. The van der Waals surface area contributed by atoms with Crippen molar-refractivity contribution >= 4 is 17.7 Å². The van der Waals surface area contributed by atoms with E-state index in [0.717, 1.165) is 6.07 Å². The van der Waals surface area contributed by atoms with Crippen LogP contribution in [0.2, 0.25) is 0 Å². The van der Waals surface area contributed by atoms with Crippen LogP contribution < -0.4 is 0 Å². The molecule has 0 radical (unpaired) electrons. The lowest BCUT2D eigenvalue weighted by Gasteiger charge is -1.92. The van der Waals surface area contributed by atoms with Crippen LogP contribution in [0.25, 0.3) is 5.53 Å². The topological polar surface area (TPSA) is 96.6 Å². The summed E-state index contributed by atoms with van der Waals surface area (Å²) in [6.45, 7) is 0. The highest BCUT2D eigenvalue weighted by molar-refractivity contribution is 6.33. The van der Waals surface area contributed by atoms with Crippen molar-refractivity contribution in [2.75, 3.05) is 0 Å². The van der Waals surface area contributed by atoms with E-state index in [1.54, 1.807) is 0 Å². The molecule has 70 valence electrons. The second-order valence-electron chi connectivity index (χ2n) is 2.42. The number of nitrogens with zero attached hydrogens (tertiary/aromatic N) is 3. The predicted octanol–water partition coefficient (Wildman–Crippen LogP) is 1.08. The number of rotatable bonds is 3. The maximum atomic E-state index is 11.1. The van der Waals surface area contributed by atoms with Gasteiger partial charge in [-0.3, -0.25) is 14.9 Å². The summed E-state index contributed by atoms with van der Waals surface area (Å²) in [5.74, 6) is -0.587. The molecule has 0 aliphatic rings. The maximum Gasteiger partial charge on any atom is 0.328 e. The molecule has 14 heavy (non-hydrogen) atoms. The van der Waals surface area contributed by atoms with Crippen molar-refractivity contribution in [3.05, 3.63) is 45.5 Å². The Kier molecular flexibility index (Phi) is 2.83. The van der Waals surface area contributed by atoms with E-state index in [2.05, 4.69) is 4.79 Å². The molecule has 0 bridgehead atoms. The van der Waals surface area contributed by atoms with Crippen LogP contribution in [0.5, 0.6) is 0 Å². The monoisotopic (exact) mass is 191 g/mol. The molecule has 6 nitrogen and oxygen atoms in total. The molecule has 0 aromatic heterocycles. The molecule has 0 fully saturated rings. The first kappa shape index (κ1) is 9.76. The average Bonchev–Trinajstić information content (AvgIpc) is 2.18. The number of carbonyl (C=O) groups excluding carboxylic acids is 1. The summed E-state index contributed by atoms with van der Waals surface area (Å²) >= 11 is 0. The Labute approximate surface area is 78.6 Å². The van der Waals surface area contributed by atoms with Crippen LogP contribution in [0.15, 0.2) is 24.3 Å². The van der Waals surface area contributed by atoms with Crippen LogP contribution in [0, 0.1) is 10.1 Å². The van der Waals surface area contributed by atoms with E-state index in [0.29, 0.717) is 6.21 Å². The van der Waals surface area contributed by atoms with Crippen molar-refractivity contribution in [1.82, 2.24) is 0 Å². The van der Waals surface area contributed by atoms with Gasteiger partial charge >= 0.3 is 6.21 Å². The molecule has 0 unspecified atom stereocenters. The highest BCUT2D eigenvalue weighted by atomic mass is 16.6. The van der Waals surface area contributed by atoms with Gasteiger partial charge in [0.15, 0.2) is 0 Å². The first-order valence-corrected chi connectivity index (χ1v) is 3.61. The summed E-state index contributed by atoms with van der Waals surface area (Å²) in [6, 6.07) is 5.17. The molecule has 0 saturated heterocycles. The van der Waals surface area contributed by atoms with Crippen molar-refractivity contribution in [2.45, 2.75) is 0 Å². The number of hydrogen-bond acceptors (Lipinski definition) is 3. The fourth-order valence-corrected chi connectivity index (χ4v) is 0.900. The molecule has 1 aromatic carbocycles. The summed E-state index contributed by atoms with van der Waals surface area (Å²) in [7, 11) is 0. The quantitative estimate of drug-likeness (QED) is 0.178. The second-order valence-corrected chi connectivity index (χ2v) is 2.42. The van der Waals surface area contributed by atoms with Crippen molar-refractivity contribution in [3.8, 4) is 0 Å². The zero-order valence-electron chi connectivity index (χ0n) is 6.95. The molecular weight excluding hydrogens is 186 g/mol. The number of benzene rings is 1. The van der Waals surface area contributed by atoms with Crippen LogP contribution in [0.4, 0.5) is 5.69 Å². The lowest BCUT2D eigenvalue weighted by atomic mass is 10.1. The zero-order valence-corrected chi connectivity index (χ0v) is 6.95. The Balaban J connectivity index is 3.11. The van der Waals surface area contributed by atoms with Gasteiger partial charge in [-0.15, -0.1) is 0 Å². The third kappa shape index (κ3) is 2.09. The van der Waals surface area contributed by atoms with Gasteiger partial charge in [-0.25, -0.2) is 0 Å². The minimum atomic E-state index is -0.604. The molecule has 1 rings (SSSR count). The first-order chi connectivity index (χ1) is 6.65. The normalized spacial score (nSPS) is 8.86. The standard InChI is InChI=1S/C8H5N3O3/c9-10-5-8(12)6-2-1-3-7(4-6)11(13)14/h1-5H. The van der Waals surface area contributed by atoms with Gasteiger partial charge in [0, 0.05) is 17.7 Å². The summed E-state index contributed by atoms with van der Waals surface area (Å²) in [4.78, 5) is 23.4. The zero-order chi connectivity index (χ0) is 10.6. The number of ketones is 1. The molecule has 0 heterocycles. The van der Waals surface area contributed by atoms with Gasteiger partial charge in [0.05, 0.1) is 4.92 Å². The summed E-state index contributed by atoms with van der Waals surface area (Å²) < 4.78 is 0. The van der Waals surface area contributed by atoms with E-state index in [1.165, 1.54) is 18.2 Å². The Morgan fingerprint density at radius 3 is 2.86 bits per heavy atom. The SMILES string of the molecule is [N-]=[N+]=CC(=O)c1cccc([N+](=O)[O-])c1. The minimum Gasteiger partial charge on any atom is -0.361 e. The van der Waals surface area contributed by atoms with Crippen LogP contribution in [-0.4, -0.2) is 21.7 Å². The summed E-state index contributed by atoms with van der Waals surface area (Å²) in [5.41, 5.74) is 8.02. The van der Waals surface area contributed by atoms with Crippen LogP contribution in [0.1, 0.15) is 10.4 Å². The molecule has 0 aliphatic carbocycles. The third-order valence-corrected chi connectivity index (χ3v) is 1.52. The van der Waals surface area contributed by atoms with E-state index < -0.39 is 10.7 Å². The van der Waals surface area contributed by atoms with Crippen molar-refractivity contribution in [2.24, 2.45) is 0 Å². The fourth-order valence-electron chi connectivity index (χ4n) is 0.900. The minimum absolute atomic E-state index is 0.108. The first-order valence-electron chi connectivity index (χ1n) is 3.61. The van der Waals surface area contributed by atoms with Crippen molar-refractivity contribution < 1.29 is 14.5 Å². The van der Waals surface area contributed by atoms with E-state index in [-0.39, 0.29) is 11.3 Å². The van der Waals surface area contributed by atoms with Crippen LogP contribution >= 0.6 is 0 Å². The van der Waals surface area contributed by atoms with E-state index in [1.807, 2.05) is 0 Å². The number of Topliss-reactive ketones (excluding diaryl/α,β-unsaturated/α-hetero) is 1. The van der Waals surface area contributed by atoms with Crippen molar-refractivity contribution in [3.63, 3.8) is 0 Å². The summed E-state index contributed by atoms with van der Waals surface area (Å²) in [5, 5.41) is 10.3. The van der Waals surface area contributed by atoms with Gasteiger partial charge in [0.25, 0.3) is 11.5 Å². The van der Waals surface area contributed by atoms with Gasteiger partial charge in [-0.2, -0.15) is 4.79 Å². The Morgan fingerprint density at radius 1 is 1.57 bits per heavy atom. The van der Waals surface area contributed by atoms with Crippen molar-refractivity contribution in [1.29, 1.82) is 0 Å². The van der Waals surface area contributed by atoms with Gasteiger partial charge in [-0.1, -0.05) is 12.1 Å². The number of nitro groups is 1. The molecule has 0 amide bonds. The predicted molar refractivity (Wildman–Crippen MR) is 47.1 cm³/mol. The largest absolute Gasteiger partial charge is 0.361 e. The lowest BCUT2D eigenvalue weighted by molar-refractivity contribution is -0.384. The Morgan fingerprint density at radius 2 is 2.29 bits per heavy atom. The highest BCUT2D eigenvalue weighted by Gasteiger charge is 2.11. The number of non-ortho nitro benzene ring substituents is 1. The Bertz CT molecular complexity index is 435. The van der Waals surface area contributed by atoms with Gasteiger partial charge < -0.3 is 5.53 Å². The third-order valence-electron chi connectivity index (χ3n) is 1.52.